The summed E-state index contributed by atoms with van der Waals surface area (Å²) in [5, 5.41) is 10.6. The molecule has 1 N–H and O–H groups in total. The van der Waals surface area contributed by atoms with Crippen molar-refractivity contribution in [3.63, 3.8) is 0 Å². The number of carboxylic acid groups (broad SMARTS) is 1. The first-order chi connectivity index (χ1) is 10.5. The van der Waals surface area contributed by atoms with Crippen LogP contribution in [0.1, 0.15) is 15.9 Å². The molecule has 1 aromatic heterocycles. The van der Waals surface area contributed by atoms with Crippen molar-refractivity contribution in [3.8, 4) is 11.3 Å². The number of carbonyl (C=O) groups is 1. The van der Waals surface area contributed by atoms with Crippen LogP contribution >= 0.6 is 27.5 Å². The number of halogens is 2. The van der Waals surface area contributed by atoms with Gasteiger partial charge in [-0.05, 0) is 42.8 Å². The Morgan fingerprint density at radius 3 is 2.50 bits per heavy atom. The van der Waals surface area contributed by atoms with Crippen LogP contribution in [0.15, 0.2) is 46.9 Å². The fourth-order valence-electron chi connectivity index (χ4n) is 2.50. The fraction of sp³-hybridized carbons (Fsp3) is 0.0588. The quantitative estimate of drug-likeness (QED) is 0.658. The van der Waals surface area contributed by atoms with Crippen molar-refractivity contribution < 1.29 is 9.90 Å². The van der Waals surface area contributed by atoms with Gasteiger partial charge >= 0.3 is 5.97 Å². The molecule has 0 fully saturated rings. The summed E-state index contributed by atoms with van der Waals surface area (Å²) in [5.41, 5.74) is 3.03. The van der Waals surface area contributed by atoms with Crippen molar-refractivity contribution in [2.24, 2.45) is 0 Å². The molecule has 3 nitrogen and oxygen atoms in total. The second kappa shape index (κ2) is 5.71. The third-order valence-electron chi connectivity index (χ3n) is 3.52. The lowest BCUT2D eigenvalue weighted by Crippen LogP contribution is -2.05. The highest BCUT2D eigenvalue weighted by Gasteiger charge is 2.18. The Kier molecular flexibility index (Phi) is 3.89. The minimum atomic E-state index is -0.981. The molecule has 0 radical (unpaired) electrons. The summed E-state index contributed by atoms with van der Waals surface area (Å²) in [6, 6.07) is 12.7. The number of fused-ring (bicyclic) bond motifs is 1. The Morgan fingerprint density at radius 1 is 1.18 bits per heavy atom. The summed E-state index contributed by atoms with van der Waals surface area (Å²) in [6.07, 6.45) is 0. The number of carboxylic acids is 1. The van der Waals surface area contributed by atoms with E-state index in [1.165, 1.54) is 0 Å². The van der Waals surface area contributed by atoms with E-state index < -0.39 is 5.97 Å². The van der Waals surface area contributed by atoms with Gasteiger partial charge in [-0.1, -0.05) is 39.7 Å². The number of benzene rings is 2. The van der Waals surface area contributed by atoms with Crippen LogP contribution in [0.4, 0.5) is 0 Å². The van der Waals surface area contributed by atoms with Crippen LogP contribution in [0.2, 0.25) is 5.02 Å². The lowest BCUT2D eigenvalue weighted by Gasteiger charge is -2.12. The van der Waals surface area contributed by atoms with E-state index in [1.54, 1.807) is 25.1 Å². The monoisotopic (exact) mass is 375 g/mol. The van der Waals surface area contributed by atoms with E-state index in [0.29, 0.717) is 27.2 Å². The first-order valence-electron chi connectivity index (χ1n) is 6.56. The zero-order valence-electron chi connectivity index (χ0n) is 11.6. The van der Waals surface area contributed by atoms with Crippen molar-refractivity contribution in [1.82, 2.24) is 4.98 Å². The Morgan fingerprint density at radius 2 is 1.86 bits per heavy atom. The van der Waals surface area contributed by atoms with Crippen LogP contribution in [-0.4, -0.2) is 16.1 Å². The van der Waals surface area contributed by atoms with E-state index in [2.05, 4.69) is 20.9 Å². The smallest absolute Gasteiger partial charge is 0.336 e. The summed E-state index contributed by atoms with van der Waals surface area (Å²) in [6.45, 7) is 1.77. The van der Waals surface area contributed by atoms with Crippen LogP contribution in [0.3, 0.4) is 0 Å². The molecule has 5 heteroatoms. The number of pyridine rings is 1. The van der Waals surface area contributed by atoms with E-state index in [9.17, 15) is 9.90 Å². The molecule has 0 aliphatic heterocycles. The topological polar surface area (TPSA) is 50.2 Å². The standard InChI is InChI=1S/C17H11BrClNO2/c1-9-15(17(21)22)13-8-12(19)6-7-14(13)20-16(9)10-2-4-11(18)5-3-10/h2-8H,1H3,(H,21,22). The van der Waals surface area contributed by atoms with Crippen LogP contribution < -0.4 is 0 Å². The molecule has 3 aromatic rings. The van der Waals surface area contributed by atoms with E-state index >= 15 is 0 Å². The number of aromatic carboxylic acids is 1. The summed E-state index contributed by atoms with van der Waals surface area (Å²) < 4.78 is 0.958. The molecule has 0 bridgehead atoms. The average Bonchev–Trinajstić information content (AvgIpc) is 2.47. The number of hydrogen-bond donors (Lipinski definition) is 1. The molecule has 0 atom stereocenters. The fourth-order valence-corrected chi connectivity index (χ4v) is 2.93. The van der Waals surface area contributed by atoms with Crippen LogP contribution in [-0.2, 0) is 0 Å². The van der Waals surface area contributed by atoms with Crippen LogP contribution in [0.25, 0.3) is 22.2 Å². The van der Waals surface area contributed by atoms with Crippen molar-refractivity contribution in [2.45, 2.75) is 6.92 Å². The number of aromatic nitrogens is 1. The summed E-state index contributed by atoms with van der Waals surface area (Å²) in [4.78, 5) is 16.3. The molecule has 3 rings (SSSR count). The first kappa shape index (κ1) is 15.0. The molecule has 2 aromatic carbocycles. The van der Waals surface area contributed by atoms with Gasteiger partial charge in [0.15, 0.2) is 0 Å². The molecule has 0 saturated carbocycles. The van der Waals surface area contributed by atoms with Gasteiger partial charge in [-0.25, -0.2) is 9.78 Å². The minimum Gasteiger partial charge on any atom is -0.478 e. The maximum atomic E-state index is 11.7. The highest BCUT2D eigenvalue weighted by molar-refractivity contribution is 9.10. The van der Waals surface area contributed by atoms with Crippen molar-refractivity contribution in [3.05, 3.63) is 63.1 Å². The van der Waals surface area contributed by atoms with Gasteiger partial charge in [-0.3, -0.25) is 0 Å². The normalized spacial score (nSPS) is 10.9. The molecule has 0 aliphatic rings. The predicted octanol–water partition coefficient (Wildman–Crippen LogP) is 5.32. The Labute approximate surface area is 140 Å². The Balaban J connectivity index is 2.37. The highest BCUT2D eigenvalue weighted by atomic mass is 79.9. The van der Waals surface area contributed by atoms with Crippen molar-refractivity contribution >= 4 is 44.4 Å². The summed E-state index contributed by atoms with van der Waals surface area (Å²) >= 11 is 9.39. The van der Waals surface area contributed by atoms with E-state index in [-0.39, 0.29) is 5.56 Å². The summed E-state index contributed by atoms with van der Waals surface area (Å²) in [7, 11) is 0. The third kappa shape index (κ3) is 2.60. The Bertz CT molecular complexity index is 891. The van der Waals surface area contributed by atoms with E-state index in [0.717, 1.165) is 10.0 Å². The maximum Gasteiger partial charge on any atom is 0.336 e. The van der Waals surface area contributed by atoms with Gasteiger partial charge in [0.1, 0.15) is 0 Å². The largest absolute Gasteiger partial charge is 0.478 e. The summed E-state index contributed by atoms with van der Waals surface area (Å²) in [5.74, 6) is -0.981. The zero-order chi connectivity index (χ0) is 15.9. The van der Waals surface area contributed by atoms with Gasteiger partial charge < -0.3 is 5.11 Å². The van der Waals surface area contributed by atoms with Crippen LogP contribution in [0.5, 0.6) is 0 Å². The van der Waals surface area contributed by atoms with Crippen LogP contribution in [0, 0.1) is 6.92 Å². The predicted molar refractivity (Wildman–Crippen MR) is 91.6 cm³/mol. The van der Waals surface area contributed by atoms with Gasteiger partial charge in [0.25, 0.3) is 0 Å². The SMILES string of the molecule is Cc1c(-c2ccc(Br)cc2)nc2ccc(Cl)cc2c1C(=O)O. The molecular formula is C17H11BrClNO2. The van der Waals surface area contributed by atoms with Gasteiger partial charge in [0.2, 0.25) is 0 Å². The lowest BCUT2D eigenvalue weighted by molar-refractivity contribution is 0.0698. The van der Waals surface area contributed by atoms with Crippen molar-refractivity contribution in [2.75, 3.05) is 0 Å². The highest BCUT2D eigenvalue weighted by Crippen LogP contribution is 2.31. The van der Waals surface area contributed by atoms with Gasteiger partial charge in [-0.15, -0.1) is 0 Å². The molecule has 22 heavy (non-hydrogen) atoms. The second-order valence-electron chi connectivity index (χ2n) is 4.93. The molecule has 0 amide bonds. The molecule has 1 heterocycles. The van der Waals surface area contributed by atoms with Crippen molar-refractivity contribution in [1.29, 1.82) is 0 Å². The number of rotatable bonds is 2. The third-order valence-corrected chi connectivity index (χ3v) is 4.29. The maximum absolute atomic E-state index is 11.7. The molecule has 0 aliphatic carbocycles. The lowest BCUT2D eigenvalue weighted by atomic mass is 9.98. The molecule has 110 valence electrons. The average molecular weight is 377 g/mol. The van der Waals surface area contributed by atoms with Gasteiger partial charge in [-0.2, -0.15) is 0 Å². The minimum absolute atomic E-state index is 0.241. The van der Waals surface area contributed by atoms with E-state index in [4.69, 9.17) is 11.6 Å². The first-order valence-corrected chi connectivity index (χ1v) is 7.73. The Hall–Kier alpha value is -1.91. The molecule has 0 spiro atoms. The zero-order valence-corrected chi connectivity index (χ0v) is 13.9. The number of nitrogens with zero attached hydrogens (tertiary/aromatic N) is 1. The molecule has 0 unspecified atom stereocenters. The van der Waals surface area contributed by atoms with Gasteiger partial charge in [0, 0.05) is 20.4 Å². The molecule has 0 saturated heterocycles. The van der Waals surface area contributed by atoms with Gasteiger partial charge in [0.05, 0.1) is 16.8 Å². The molecular weight excluding hydrogens is 366 g/mol. The van der Waals surface area contributed by atoms with E-state index in [1.807, 2.05) is 24.3 Å². The number of hydrogen-bond acceptors (Lipinski definition) is 2. The second-order valence-corrected chi connectivity index (χ2v) is 6.29.